The molecule has 0 aromatic heterocycles. The number of benzene rings is 1. The molecule has 0 bridgehead atoms. The van der Waals surface area contributed by atoms with Crippen LogP contribution in [0, 0.1) is 0 Å². The number of carbonyl (C=O) groups excluding carboxylic acids is 3. The van der Waals surface area contributed by atoms with E-state index in [9.17, 15) is 27.6 Å². The molecule has 1 atom stereocenters. The van der Waals surface area contributed by atoms with Crippen LogP contribution in [0.5, 0.6) is 0 Å². The Bertz CT molecular complexity index is 692. The molecule has 0 radical (unpaired) electrons. The lowest BCUT2D eigenvalue weighted by Gasteiger charge is -2.30. The highest BCUT2D eigenvalue weighted by atomic mass is 19.4. The van der Waals surface area contributed by atoms with Gasteiger partial charge in [0.1, 0.15) is 6.04 Å². The number of rotatable bonds is 6. The van der Waals surface area contributed by atoms with Crippen molar-refractivity contribution in [1.29, 1.82) is 0 Å². The van der Waals surface area contributed by atoms with Gasteiger partial charge in [0.25, 0.3) is 0 Å². The standard InChI is InChI=1S/C17H20F3N3O3/c1-21-16(26)14(22-10-24)4-5-15(25)23-7-6-11-8-13(17(18,19)20)3-2-12(11)9-23/h2-3,8,10,14H,4-7,9H2,1H3,(H,21,26)(H,22,24)/t14-/m1/s1. The van der Waals surface area contributed by atoms with E-state index in [0.29, 0.717) is 30.5 Å². The Kier molecular flexibility index (Phi) is 6.23. The second kappa shape index (κ2) is 8.20. The zero-order valence-corrected chi connectivity index (χ0v) is 14.2. The van der Waals surface area contributed by atoms with Crippen molar-refractivity contribution in [2.24, 2.45) is 0 Å². The van der Waals surface area contributed by atoms with Gasteiger partial charge in [0.15, 0.2) is 0 Å². The lowest BCUT2D eigenvalue weighted by molar-refractivity contribution is -0.138. The molecule has 1 aromatic rings. The van der Waals surface area contributed by atoms with Gasteiger partial charge in [0.2, 0.25) is 18.2 Å². The van der Waals surface area contributed by atoms with Crippen LogP contribution >= 0.6 is 0 Å². The van der Waals surface area contributed by atoms with Gasteiger partial charge in [-0.2, -0.15) is 13.2 Å². The van der Waals surface area contributed by atoms with Crippen LogP contribution in [0.25, 0.3) is 0 Å². The van der Waals surface area contributed by atoms with Crippen LogP contribution in [0.4, 0.5) is 13.2 Å². The fraction of sp³-hybridized carbons (Fsp3) is 0.471. The van der Waals surface area contributed by atoms with Gasteiger partial charge in [-0.05, 0) is 36.1 Å². The number of carbonyl (C=O) groups is 3. The average molecular weight is 371 g/mol. The highest BCUT2D eigenvalue weighted by molar-refractivity contribution is 5.84. The second-order valence-corrected chi connectivity index (χ2v) is 6.04. The maximum absolute atomic E-state index is 12.8. The minimum Gasteiger partial charge on any atom is -0.357 e. The summed E-state index contributed by atoms with van der Waals surface area (Å²) in [5.74, 6) is -0.606. The van der Waals surface area contributed by atoms with Gasteiger partial charge in [-0.25, -0.2) is 0 Å². The number of hydrogen-bond donors (Lipinski definition) is 2. The van der Waals surface area contributed by atoms with Gasteiger partial charge in [-0.15, -0.1) is 0 Å². The van der Waals surface area contributed by atoms with Crippen LogP contribution in [0.2, 0.25) is 0 Å². The van der Waals surface area contributed by atoms with Gasteiger partial charge in [0, 0.05) is 26.6 Å². The summed E-state index contributed by atoms with van der Waals surface area (Å²) in [6.07, 6.45) is -3.44. The summed E-state index contributed by atoms with van der Waals surface area (Å²) in [6, 6.07) is 2.75. The zero-order chi connectivity index (χ0) is 19.3. The van der Waals surface area contributed by atoms with Gasteiger partial charge in [-0.1, -0.05) is 6.07 Å². The van der Waals surface area contributed by atoms with Crippen molar-refractivity contribution < 1.29 is 27.6 Å². The van der Waals surface area contributed by atoms with E-state index >= 15 is 0 Å². The van der Waals surface area contributed by atoms with E-state index in [2.05, 4.69) is 10.6 Å². The van der Waals surface area contributed by atoms with E-state index in [-0.39, 0.29) is 25.3 Å². The predicted octanol–water partition coefficient (Wildman–Crippen LogP) is 1.23. The Morgan fingerprint density at radius 1 is 1.31 bits per heavy atom. The first-order valence-corrected chi connectivity index (χ1v) is 8.14. The number of likely N-dealkylation sites (N-methyl/N-ethyl adjacent to an activating group) is 1. The van der Waals surface area contributed by atoms with Crippen molar-refractivity contribution in [3.05, 3.63) is 34.9 Å². The van der Waals surface area contributed by atoms with Crippen molar-refractivity contribution in [1.82, 2.24) is 15.5 Å². The van der Waals surface area contributed by atoms with Crippen LogP contribution in [0.1, 0.15) is 29.5 Å². The van der Waals surface area contributed by atoms with Gasteiger partial charge >= 0.3 is 6.18 Å². The van der Waals surface area contributed by atoms with Crippen molar-refractivity contribution in [3.63, 3.8) is 0 Å². The molecule has 0 unspecified atom stereocenters. The van der Waals surface area contributed by atoms with E-state index in [4.69, 9.17) is 0 Å². The van der Waals surface area contributed by atoms with E-state index in [1.807, 2.05) is 0 Å². The first-order valence-electron chi connectivity index (χ1n) is 8.14. The number of hydrogen-bond acceptors (Lipinski definition) is 3. The molecule has 0 fully saturated rings. The predicted molar refractivity (Wildman–Crippen MR) is 86.9 cm³/mol. The Morgan fingerprint density at radius 2 is 2.04 bits per heavy atom. The van der Waals surface area contributed by atoms with Crippen LogP contribution in [0.15, 0.2) is 18.2 Å². The SMILES string of the molecule is CNC(=O)[C@@H](CCC(=O)N1CCc2cc(C(F)(F)F)ccc2C1)NC=O. The first kappa shape index (κ1) is 19.7. The molecule has 1 aromatic carbocycles. The van der Waals surface area contributed by atoms with Crippen LogP contribution in [-0.2, 0) is 33.5 Å². The third kappa shape index (κ3) is 4.74. The quantitative estimate of drug-likeness (QED) is 0.739. The zero-order valence-electron chi connectivity index (χ0n) is 14.2. The van der Waals surface area contributed by atoms with Gasteiger partial charge in [-0.3, -0.25) is 14.4 Å². The number of amides is 3. The number of halogens is 3. The highest BCUT2D eigenvalue weighted by Gasteiger charge is 2.32. The minimum absolute atomic E-state index is 0.0505. The summed E-state index contributed by atoms with van der Waals surface area (Å²) < 4.78 is 38.3. The molecule has 142 valence electrons. The fourth-order valence-electron chi connectivity index (χ4n) is 2.91. The molecule has 1 heterocycles. The summed E-state index contributed by atoms with van der Waals surface area (Å²) >= 11 is 0. The minimum atomic E-state index is -4.39. The van der Waals surface area contributed by atoms with Crippen LogP contribution in [0.3, 0.4) is 0 Å². The normalized spacial score (nSPS) is 15.0. The van der Waals surface area contributed by atoms with E-state index in [1.54, 1.807) is 4.90 Å². The maximum atomic E-state index is 12.8. The Morgan fingerprint density at radius 3 is 2.65 bits per heavy atom. The molecular formula is C17H20F3N3O3. The molecule has 6 nitrogen and oxygen atoms in total. The summed E-state index contributed by atoms with van der Waals surface area (Å²) in [6.45, 7) is 0.553. The monoisotopic (exact) mass is 371 g/mol. The molecule has 1 aliphatic heterocycles. The second-order valence-electron chi connectivity index (χ2n) is 6.04. The largest absolute Gasteiger partial charge is 0.416 e. The third-order valence-electron chi connectivity index (χ3n) is 4.38. The number of fused-ring (bicyclic) bond motifs is 1. The molecule has 0 spiro atoms. The molecule has 2 N–H and O–H groups in total. The summed E-state index contributed by atoms with van der Waals surface area (Å²) in [5.41, 5.74) is 0.589. The van der Waals surface area contributed by atoms with Crippen molar-refractivity contribution in [3.8, 4) is 0 Å². The smallest absolute Gasteiger partial charge is 0.357 e. The van der Waals surface area contributed by atoms with Crippen LogP contribution in [-0.4, -0.2) is 42.8 Å². The van der Waals surface area contributed by atoms with Crippen molar-refractivity contribution in [2.75, 3.05) is 13.6 Å². The third-order valence-corrected chi connectivity index (χ3v) is 4.38. The molecule has 0 aliphatic carbocycles. The van der Waals surface area contributed by atoms with E-state index in [1.165, 1.54) is 13.1 Å². The lowest BCUT2D eigenvalue weighted by atomic mass is 9.96. The summed E-state index contributed by atoms with van der Waals surface area (Å²) in [4.78, 5) is 36.1. The molecule has 0 saturated heterocycles. The van der Waals surface area contributed by atoms with Gasteiger partial charge in [0.05, 0.1) is 5.56 Å². The molecule has 0 saturated carbocycles. The number of nitrogens with zero attached hydrogens (tertiary/aromatic N) is 1. The Labute approximate surface area is 148 Å². The van der Waals surface area contributed by atoms with Crippen molar-refractivity contribution in [2.45, 2.75) is 38.0 Å². The molecule has 2 rings (SSSR count). The fourth-order valence-corrected chi connectivity index (χ4v) is 2.91. The highest BCUT2D eigenvalue weighted by Crippen LogP contribution is 2.32. The van der Waals surface area contributed by atoms with E-state index < -0.39 is 23.7 Å². The molecular weight excluding hydrogens is 351 g/mol. The van der Waals surface area contributed by atoms with Gasteiger partial charge < -0.3 is 15.5 Å². The number of nitrogens with one attached hydrogen (secondary N) is 2. The molecule has 3 amide bonds. The molecule has 1 aliphatic rings. The summed E-state index contributed by atoms with van der Waals surface area (Å²) in [5, 5.41) is 4.76. The Balaban J connectivity index is 1.98. The average Bonchev–Trinajstić information content (AvgIpc) is 2.62. The maximum Gasteiger partial charge on any atom is 0.416 e. The lowest BCUT2D eigenvalue weighted by Crippen LogP contribution is -2.43. The molecule has 26 heavy (non-hydrogen) atoms. The van der Waals surface area contributed by atoms with Crippen LogP contribution < -0.4 is 10.6 Å². The van der Waals surface area contributed by atoms with E-state index in [0.717, 1.165) is 12.1 Å². The topological polar surface area (TPSA) is 78.5 Å². The van der Waals surface area contributed by atoms with Crippen molar-refractivity contribution >= 4 is 18.2 Å². The number of alkyl halides is 3. The Hall–Kier alpha value is -2.58. The summed E-state index contributed by atoms with van der Waals surface area (Å²) in [7, 11) is 1.43. The first-order chi connectivity index (χ1) is 12.3. The molecule has 9 heteroatoms.